The number of carbonyl (C=O) groups excluding carboxylic acids is 1. The number of aromatic hydroxyl groups is 1. The van der Waals surface area contributed by atoms with Gasteiger partial charge in [0.25, 0.3) is 0 Å². The number of phenols is 1. The van der Waals surface area contributed by atoms with Crippen molar-refractivity contribution >= 4 is 5.78 Å². The number of ketones is 1. The smallest absolute Gasteiger partial charge is 0.171 e. The maximum absolute atomic E-state index is 12.2. The summed E-state index contributed by atoms with van der Waals surface area (Å²) in [6, 6.07) is 12.0. The zero-order valence-electron chi connectivity index (χ0n) is 11.4. The zero-order valence-corrected chi connectivity index (χ0v) is 11.4. The van der Waals surface area contributed by atoms with Gasteiger partial charge in [-0.1, -0.05) is 18.2 Å². The number of benzene rings is 2. The first kappa shape index (κ1) is 13.9. The van der Waals surface area contributed by atoms with Crippen LogP contribution in [0.1, 0.15) is 15.9 Å². The van der Waals surface area contributed by atoms with Gasteiger partial charge < -0.3 is 14.6 Å². The molecule has 0 atom stereocenters. The Labute approximate surface area is 117 Å². The van der Waals surface area contributed by atoms with Crippen LogP contribution in [-0.4, -0.2) is 25.1 Å². The molecular weight excluding hydrogens is 256 g/mol. The summed E-state index contributed by atoms with van der Waals surface area (Å²) in [5.41, 5.74) is 1.06. The number of methoxy groups -OCH3 is 2. The van der Waals surface area contributed by atoms with E-state index in [1.54, 1.807) is 25.3 Å². The predicted molar refractivity (Wildman–Crippen MR) is 75.7 cm³/mol. The van der Waals surface area contributed by atoms with Crippen molar-refractivity contribution in [2.24, 2.45) is 0 Å². The van der Waals surface area contributed by atoms with Gasteiger partial charge >= 0.3 is 0 Å². The minimum Gasteiger partial charge on any atom is -0.507 e. The lowest BCUT2D eigenvalue weighted by molar-refractivity contribution is 0.0989. The lowest BCUT2D eigenvalue weighted by Crippen LogP contribution is -2.05. The van der Waals surface area contributed by atoms with Gasteiger partial charge in [-0.25, -0.2) is 0 Å². The Bertz CT molecular complexity index is 620. The average Bonchev–Trinajstić information content (AvgIpc) is 2.47. The van der Waals surface area contributed by atoms with Crippen LogP contribution in [0.25, 0.3) is 0 Å². The minimum absolute atomic E-state index is 0.0794. The Morgan fingerprint density at radius 3 is 2.50 bits per heavy atom. The molecule has 4 heteroatoms. The Morgan fingerprint density at radius 1 is 1.10 bits per heavy atom. The molecule has 0 aliphatic carbocycles. The van der Waals surface area contributed by atoms with E-state index >= 15 is 0 Å². The summed E-state index contributed by atoms with van der Waals surface area (Å²) < 4.78 is 10.2. The fraction of sp³-hybridized carbons (Fsp3) is 0.188. The van der Waals surface area contributed by atoms with Gasteiger partial charge in [0.2, 0.25) is 0 Å². The van der Waals surface area contributed by atoms with Crippen LogP contribution < -0.4 is 9.47 Å². The van der Waals surface area contributed by atoms with Crippen molar-refractivity contribution < 1.29 is 19.4 Å². The molecule has 104 valence electrons. The van der Waals surface area contributed by atoms with Crippen molar-refractivity contribution in [1.82, 2.24) is 0 Å². The molecule has 0 aliphatic heterocycles. The molecule has 0 aliphatic rings. The van der Waals surface area contributed by atoms with Crippen LogP contribution in [0.5, 0.6) is 17.2 Å². The van der Waals surface area contributed by atoms with Crippen LogP contribution >= 0.6 is 0 Å². The minimum atomic E-state index is -0.172. The third kappa shape index (κ3) is 2.91. The summed E-state index contributed by atoms with van der Waals surface area (Å²) in [6.07, 6.45) is 0.171. The molecule has 2 aromatic carbocycles. The number of carbonyl (C=O) groups is 1. The van der Waals surface area contributed by atoms with Crippen LogP contribution in [-0.2, 0) is 6.42 Å². The van der Waals surface area contributed by atoms with Gasteiger partial charge in [0.1, 0.15) is 17.2 Å². The van der Waals surface area contributed by atoms with Crippen molar-refractivity contribution in [2.45, 2.75) is 6.42 Å². The molecule has 0 aromatic heterocycles. The summed E-state index contributed by atoms with van der Waals surface area (Å²) in [5.74, 6) is 0.920. The van der Waals surface area contributed by atoms with E-state index in [9.17, 15) is 9.90 Å². The molecular formula is C16H16O4. The van der Waals surface area contributed by atoms with Crippen molar-refractivity contribution in [3.63, 3.8) is 0 Å². The number of hydrogen-bond acceptors (Lipinski definition) is 4. The molecule has 2 aromatic rings. The summed E-state index contributed by atoms with van der Waals surface area (Å²) in [5, 5.41) is 9.87. The maximum Gasteiger partial charge on any atom is 0.171 e. The van der Waals surface area contributed by atoms with Gasteiger partial charge in [0.05, 0.1) is 19.8 Å². The molecule has 4 nitrogen and oxygen atoms in total. The molecule has 2 rings (SSSR count). The van der Waals surface area contributed by atoms with Crippen molar-refractivity contribution in [3.05, 3.63) is 53.6 Å². The molecule has 0 amide bonds. The van der Waals surface area contributed by atoms with Crippen molar-refractivity contribution in [2.75, 3.05) is 14.2 Å². The average molecular weight is 272 g/mol. The molecule has 0 heterocycles. The number of hydrogen-bond donors (Lipinski definition) is 1. The maximum atomic E-state index is 12.2. The molecule has 0 saturated heterocycles. The highest BCUT2D eigenvalue weighted by Crippen LogP contribution is 2.26. The van der Waals surface area contributed by atoms with Crippen LogP contribution in [0.3, 0.4) is 0 Å². The SMILES string of the molecule is COc1ccc(C(=O)Cc2ccccc2OC)c(O)c1. The fourth-order valence-electron chi connectivity index (χ4n) is 1.99. The van der Waals surface area contributed by atoms with Gasteiger partial charge in [-0.15, -0.1) is 0 Å². The Morgan fingerprint density at radius 2 is 1.85 bits per heavy atom. The highest BCUT2D eigenvalue weighted by molar-refractivity contribution is 6.00. The monoisotopic (exact) mass is 272 g/mol. The van der Waals surface area contributed by atoms with Gasteiger partial charge in [-0.05, 0) is 18.2 Å². The molecule has 20 heavy (non-hydrogen) atoms. The first-order valence-electron chi connectivity index (χ1n) is 6.17. The van der Waals surface area contributed by atoms with Crippen LogP contribution in [0.4, 0.5) is 0 Å². The van der Waals surface area contributed by atoms with E-state index in [4.69, 9.17) is 9.47 Å². The molecule has 0 radical (unpaired) electrons. The summed E-state index contributed by atoms with van der Waals surface area (Å²) in [7, 11) is 3.07. The molecule has 0 saturated carbocycles. The highest BCUT2D eigenvalue weighted by atomic mass is 16.5. The number of phenolic OH excluding ortho intramolecular Hbond substituents is 1. The molecule has 0 bridgehead atoms. The standard InChI is InChI=1S/C16H16O4/c1-19-12-7-8-13(15(18)10-12)14(17)9-11-5-3-4-6-16(11)20-2/h3-8,10,18H,9H2,1-2H3. The van der Waals surface area contributed by atoms with E-state index in [1.807, 2.05) is 18.2 Å². The number of Topliss-reactive ketones (excluding diaryl/α,β-unsaturated/α-hetero) is 1. The second-order valence-corrected chi connectivity index (χ2v) is 4.29. The molecule has 0 fully saturated rings. The van der Waals surface area contributed by atoms with Crippen molar-refractivity contribution in [3.8, 4) is 17.2 Å². The van der Waals surface area contributed by atoms with Crippen LogP contribution in [0, 0.1) is 0 Å². The Balaban J connectivity index is 2.24. The topological polar surface area (TPSA) is 55.8 Å². The van der Waals surface area contributed by atoms with E-state index < -0.39 is 0 Å². The molecule has 0 unspecified atom stereocenters. The van der Waals surface area contributed by atoms with Crippen LogP contribution in [0.15, 0.2) is 42.5 Å². The van der Waals surface area contributed by atoms with E-state index in [-0.39, 0.29) is 23.5 Å². The Hall–Kier alpha value is -2.49. The van der Waals surface area contributed by atoms with Gasteiger partial charge in [0, 0.05) is 18.1 Å². The zero-order chi connectivity index (χ0) is 14.5. The first-order valence-corrected chi connectivity index (χ1v) is 6.17. The molecule has 0 spiro atoms. The highest BCUT2D eigenvalue weighted by Gasteiger charge is 2.14. The van der Waals surface area contributed by atoms with E-state index in [0.29, 0.717) is 11.5 Å². The van der Waals surface area contributed by atoms with E-state index in [1.165, 1.54) is 13.2 Å². The second kappa shape index (κ2) is 6.10. The van der Waals surface area contributed by atoms with Gasteiger partial charge in [-0.3, -0.25) is 4.79 Å². The van der Waals surface area contributed by atoms with E-state index in [0.717, 1.165) is 5.56 Å². The lowest BCUT2D eigenvalue weighted by atomic mass is 10.0. The fourth-order valence-corrected chi connectivity index (χ4v) is 1.99. The third-order valence-corrected chi connectivity index (χ3v) is 3.05. The number of ether oxygens (including phenoxy) is 2. The Kier molecular flexibility index (Phi) is 4.25. The number of rotatable bonds is 5. The van der Waals surface area contributed by atoms with Crippen LogP contribution in [0.2, 0.25) is 0 Å². The number of para-hydroxylation sites is 1. The largest absolute Gasteiger partial charge is 0.507 e. The predicted octanol–water partition coefficient (Wildman–Crippen LogP) is 2.83. The second-order valence-electron chi connectivity index (χ2n) is 4.29. The van der Waals surface area contributed by atoms with Gasteiger partial charge in [0.15, 0.2) is 5.78 Å². The van der Waals surface area contributed by atoms with Crippen molar-refractivity contribution in [1.29, 1.82) is 0 Å². The quantitative estimate of drug-likeness (QED) is 0.850. The lowest BCUT2D eigenvalue weighted by Gasteiger charge is -2.09. The summed E-state index contributed by atoms with van der Waals surface area (Å²) in [6.45, 7) is 0. The molecule has 1 N–H and O–H groups in total. The van der Waals surface area contributed by atoms with Gasteiger partial charge in [-0.2, -0.15) is 0 Å². The summed E-state index contributed by atoms with van der Waals surface area (Å²) in [4.78, 5) is 12.2. The van der Waals surface area contributed by atoms with E-state index in [2.05, 4.69) is 0 Å². The summed E-state index contributed by atoms with van der Waals surface area (Å²) >= 11 is 0. The first-order chi connectivity index (χ1) is 9.65. The third-order valence-electron chi connectivity index (χ3n) is 3.05. The normalized spacial score (nSPS) is 10.1.